The van der Waals surface area contributed by atoms with Gasteiger partial charge in [0, 0.05) is 17.5 Å². The van der Waals surface area contributed by atoms with Crippen molar-refractivity contribution in [2.45, 2.75) is 18.8 Å². The number of benzene rings is 2. The van der Waals surface area contributed by atoms with Gasteiger partial charge in [-0.05, 0) is 47.2 Å². The maximum Gasteiger partial charge on any atom is 0.207 e. The van der Waals surface area contributed by atoms with Gasteiger partial charge < -0.3 is 5.32 Å². The zero-order valence-corrected chi connectivity index (χ0v) is 11.9. The van der Waals surface area contributed by atoms with E-state index in [1.807, 2.05) is 6.07 Å². The fourth-order valence-electron chi connectivity index (χ4n) is 3.06. The van der Waals surface area contributed by atoms with Crippen LogP contribution in [0.25, 0.3) is 0 Å². The van der Waals surface area contributed by atoms with Crippen molar-refractivity contribution >= 4 is 18.0 Å². The van der Waals surface area contributed by atoms with E-state index in [2.05, 4.69) is 41.7 Å². The number of nitrogens with one attached hydrogen (secondary N) is 1. The molecule has 0 unspecified atom stereocenters. The smallest absolute Gasteiger partial charge is 0.207 e. The molecule has 1 aliphatic rings. The molecular formula is C17H16ClNO. The number of amides is 1. The molecule has 0 saturated heterocycles. The lowest BCUT2D eigenvalue weighted by Gasteiger charge is -2.20. The van der Waals surface area contributed by atoms with E-state index < -0.39 is 0 Å². The summed E-state index contributed by atoms with van der Waals surface area (Å²) in [5.41, 5.74) is 5.22. The van der Waals surface area contributed by atoms with Crippen LogP contribution in [0.1, 0.15) is 28.2 Å². The largest absolute Gasteiger partial charge is 0.358 e. The minimum Gasteiger partial charge on any atom is -0.358 e. The zero-order chi connectivity index (χ0) is 13.9. The second-order valence-electron chi connectivity index (χ2n) is 5.12. The Bertz CT molecular complexity index is 639. The van der Waals surface area contributed by atoms with Crippen LogP contribution in [-0.2, 0) is 17.6 Å². The molecule has 1 atom stereocenters. The third kappa shape index (κ3) is 2.44. The Morgan fingerprint density at radius 2 is 1.85 bits per heavy atom. The number of hydrogen-bond donors (Lipinski definition) is 1. The highest BCUT2D eigenvalue weighted by Gasteiger charge is 2.23. The van der Waals surface area contributed by atoms with E-state index in [0.29, 0.717) is 6.54 Å². The van der Waals surface area contributed by atoms with Crippen molar-refractivity contribution in [2.24, 2.45) is 0 Å². The highest BCUT2D eigenvalue weighted by molar-refractivity contribution is 6.30. The predicted octanol–water partition coefficient (Wildman–Crippen LogP) is 3.32. The van der Waals surface area contributed by atoms with Gasteiger partial charge in [0.25, 0.3) is 0 Å². The summed E-state index contributed by atoms with van der Waals surface area (Å²) in [6.07, 6.45) is 2.77. The number of fused-ring (bicyclic) bond motifs is 2. The molecule has 2 aromatic carbocycles. The van der Waals surface area contributed by atoms with Gasteiger partial charge in [0.2, 0.25) is 6.41 Å². The van der Waals surface area contributed by atoms with Crippen molar-refractivity contribution in [1.29, 1.82) is 0 Å². The topological polar surface area (TPSA) is 29.1 Å². The lowest BCUT2D eigenvalue weighted by atomic mass is 9.88. The maximum atomic E-state index is 10.7. The molecule has 3 rings (SSSR count). The molecule has 0 aromatic heterocycles. The number of rotatable bonds is 3. The van der Waals surface area contributed by atoms with Gasteiger partial charge in [-0.1, -0.05) is 41.9 Å². The highest BCUT2D eigenvalue weighted by atomic mass is 35.5. The van der Waals surface area contributed by atoms with Crippen LogP contribution in [0.5, 0.6) is 0 Å². The molecule has 3 heteroatoms. The molecule has 0 heterocycles. The monoisotopic (exact) mass is 285 g/mol. The molecule has 0 spiro atoms. The van der Waals surface area contributed by atoms with Gasteiger partial charge >= 0.3 is 0 Å². The third-order valence-corrected chi connectivity index (χ3v) is 4.22. The van der Waals surface area contributed by atoms with Crippen LogP contribution in [0.4, 0.5) is 0 Å². The van der Waals surface area contributed by atoms with Gasteiger partial charge in [-0.2, -0.15) is 0 Å². The third-order valence-electron chi connectivity index (χ3n) is 3.98. The number of carbonyl (C=O) groups excluding carboxylic acids is 1. The Kier molecular flexibility index (Phi) is 3.75. The van der Waals surface area contributed by atoms with Crippen molar-refractivity contribution in [3.05, 3.63) is 69.7 Å². The average Bonchev–Trinajstić information content (AvgIpc) is 2.62. The summed E-state index contributed by atoms with van der Waals surface area (Å²) >= 11 is 6.12. The minimum atomic E-state index is 0.200. The van der Waals surface area contributed by atoms with Crippen LogP contribution in [0.2, 0.25) is 5.02 Å². The molecule has 2 aromatic rings. The van der Waals surface area contributed by atoms with E-state index in [9.17, 15) is 4.79 Å². The second-order valence-corrected chi connectivity index (χ2v) is 5.56. The Hall–Kier alpha value is -1.80. The molecule has 0 aliphatic heterocycles. The summed E-state index contributed by atoms with van der Waals surface area (Å²) in [6, 6.07) is 14.6. The normalized spacial score (nSPS) is 16.8. The zero-order valence-electron chi connectivity index (χ0n) is 11.1. The number of hydrogen-bond acceptors (Lipinski definition) is 1. The summed E-state index contributed by atoms with van der Waals surface area (Å²) in [6.45, 7) is 0.620. The van der Waals surface area contributed by atoms with Crippen molar-refractivity contribution in [1.82, 2.24) is 5.32 Å². The first kappa shape index (κ1) is 13.2. The minimum absolute atomic E-state index is 0.200. The summed E-state index contributed by atoms with van der Waals surface area (Å²) in [7, 11) is 0. The Morgan fingerprint density at radius 1 is 1.10 bits per heavy atom. The molecule has 0 fully saturated rings. The fraction of sp³-hybridized carbons (Fsp3) is 0.235. The molecule has 0 bridgehead atoms. The predicted molar refractivity (Wildman–Crippen MR) is 81.2 cm³/mol. The van der Waals surface area contributed by atoms with Gasteiger partial charge in [-0.25, -0.2) is 0 Å². The molecule has 1 amide bonds. The van der Waals surface area contributed by atoms with E-state index in [1.54, 1.807) is 0 Å². The van der Waals surface area contributed by atoms with Crippen LogP contribution in [0, 0.1) is 0 Å². The molecule has 1 N–H and O–H groups in total. The number of aryl methyl sites for hydroxylation is 2. The molecule has 0 saturated carbocycles. The van der Waals surface area contributed by atoms with Crippen molar-refractivity contribution < 1.29 is 4.79 Å². The van der Waals surface area contributed by atoms with Gasteiger partial charge in [-0.3, -0.25) is 4.79 Å². The van der Waals surface area contributed by atoms with E-state index in [1.165, 1.54) is 22.3 Å². The SMILES string of the molecule is O=CNC[C@@H]1c2ccccc2CCc2cc(Cl)ccc21. The standard InChI is InChI=1S/C17H16ClNO/c18-14-7-8-16-13(9-14)6-5-12-3-1-2-4-15(12)17(16)10-19-11-20/h1-4,7-9,11,17H,5-6,10H2,(H,19,20)/t17-/m1/s1. The lowest BCUT2D eigenvalue weighted by molar-refractivity contribution is -0.109. The quantitative estimate of drug-likeness (QED) is 0.861. The van der Waals surface area contributed by atoms with Crippen molar-refractivity contribution in [3.8, 4) is 0 Å². The van der Waals surface area contributed by atoms with Gasteiger partial charge in [-0.15, -0.1) is 0 Å². The van der Waals surface area contributed by atoms with Gasteiger partial charge in [0.1, 0.15) is 0 Å². The summed E-state index contributed by atoms with van der Waals surface area (Å²) in [5.74, 6) is 0.200. The second kappa shape index (κ2) is 5.68. The first-order valence-corrected chi connectivity index (χ1v) is 7.20. The highest BCUT2D eigenvalue weighted by Crippen LogP contribution is 2.34. The Morgan fingerprint density at radius 3 is 2.70 bits per heavy atom. The maximum absolute atomic E-state index is 10.7. The molecular weight excluding hydrogens is 270 g/mol. The average molecular weight is 286 g/mol. The fourth-order valence-corrected chi connectivity index (χ4v) is 3.25. The van der Waals surface area contributed by atoms with Crippen LogP contribution < -0.4 is 5.32 Å². The molecule has 2 nitrogen and oxygen atoms in total. The van der Waals surface area contributed by atoms with Crippen LogP contribution in [0.15, 0.2) is 42.5 Å². The first-order chi connectivity index (χ1) is 9.79. The summed E-state index contributed by atoms with van der Waals surface area (Å²) in [5, 5.41) is 3.60. The van der Waals surface area contributed by atoms with Crippen LogP contribution in [0.3, 0.4) is 0 Å². The molecule has 20 heavy (non-hydrogen) atoms. The van der Waals surface area contributed by atoms with E-state index >= 15 is 0 Å². The van der Waals surface area contributed by atoms with Crippen molar-refractivity contribution in [3.63, 3.8) is 0 Å². The Labute approximate surface area is 123 Å². The molecule has 102 valence electrons. The van der Waals surface area contributed by atoms with Gasteiger partial charge in [0.15, 0.2) is 0 Å². The van der Waals surface area contributed by atoms with Crippen LogP contribution >= 0.6 is 11.6 Å². The molecule has 0 radical (unpaired) electrons. The number of carbonyl (C=O) groups is 1. The van der Waals surface area contributed by atoms with E-state index in [4.69, 9.17) is 11.6 Å². The number of halogens is 1. The van der Waals surface area contributed by atoms with Gasteiger partial charge in [0.05, 0.1) is 0 Å². The lowest BCUT2D eigenvalue weighted by Crippen LogP contribution is -2.21. The Balaban J connectivity index is 2.11. The summed E-state index contributed by atoms with van der Waals surface area (Å²) < 4.78 is 0. The van der Waals surface area contributed by atoms with E-state index in [0.717, 1.165) is 24.3 Å². The van der Waals surface area contributed by atoms with Crippen molar-refractivity contribution in [2.75, 3.05) is 6.54 Å². The van der Waals surface area contributed by atoms with E-state index in [-0.39, 0.29) is 5.92 Å². The molecule has 1 aliphatic carbocycles. The van der Waals surface area contributed by atoms with Crippen LogP contribution in [-0.4, -0.2) is 13.0 Å². The summed E-state index contributed by atoms with van der Waals surface area (Å²) in [4.78, 5) is 10.7. The first-order valence-electron chi connectivity index (χ1n) is 6.83.